The Kier molecular flexibility index (Phi) is 4.29. The molecule has 0 aliphatic carbocycles. The molecule has 0 bridgehead atoms. The van der Waals surface area contributed by atoms with Gasteiger partial charge in [0.25, 0.3) is 0 Å². The molecule has 2 fully saturated rings. The largest absolute Gasteiger partial charge is 0.356 e. The zero-order chi connectivity index (χ0) is 20.2. The average Bonchev–Trinajstić information content (AvgIpc) is 3.29. The van der Waals surface area contributed by atoms with E-state index in [9.17, 15) is 8.42 Å². The summed E-state index contributed by atoms with van der Waals surface area (Å²) >= 11 is 0. The summed E-state index contributed by atoms with van der Waals surface area (Å²) in [5.74, 6) is 1.59. The van der Waals surface area contributed by atoms with Crippen LogP contribution in [0, 0.1) is 25.7 Å². The van der Waals surface area contributed by atoms with E-state index < -0.39 is 10.0 Å². The summed E-state index contributed by atoms with van der Waals surface area (Å²) in [7, 11) is -3.58. The Morgan fingerprint density at radius 3 is 2.41 bits per heavy atom. The third-order valence-electron chi connectivity index (χ3n) is 6.28. The fraction of sp³-hybridized carbons (Fsp3) is 0.381. The van der Waals surface area contributed by atoms with E-state index in [-0.39, 0.29) is 0 Å². The fourth-order valence-electron chi connectivity index (χ4n) is 4.59. The van der Waals surface area contributed by atoms with E-state index in [4.69, 9.17) is 0 Å². The smallest absolute Gasteiger partial charge is 0.245 e. The summed E-state index contributed by atoms with van der Waals surface area (Å²) in [5.41, 5.74) is 2.62. The van der Waals surface area contributed by atoms with Crippen molar-refractivity contribution in [1.29, 1.82) is 0 Å². The van der Waals surface area contributed by atoms with Gasteiger partial charge in [0.15, 0.2) is 0 Å². The standard InChI is InChI=1S/C21H23N5O2S/c1-14-15(2)23-13-24-21(14)25-9-17-11-26(12-18(17)10-25)29(27,28)19-7-3-5-16-6-4-8-22-20(16)19/h3-8,13,17-18H,9-12H2,1-2H3. The van der Waals surface area contributed by atoms with Crippen molar-refractivity contribution in [3.05, 3.63) is 54.1 Å². The van der Waals surface area contributed by atoms with Crippen LogP contribution in [0.15, 0.2) is 47.8 Å². The minimum absolute atomic E-state index is 0.301. The first-order valence-corrected chi connectivity index (χ1v) is 11.3. The molecule has 1 aromatic carbocycles. The maximum absolute atomic E-state index is 13.4. The molecule has 0 spiro atoms. The molecule has 150 valence electrons. The van der Waals surface area contributed by atoms with Crippen LogP contribution < -0.4 is 4.90 Å². The van der Waals surface area contributed by atoms with Crippen molar-refractivity contribution in [3.8, 4) is 0 Å². The Morgan fingerprint density at radius 1 is 0.931 bits per heavy atom. The fourth-order valence-corrected chi connectivity index (χ4v) is 6.31. The summed E-state index contributed by atoms with van der Waals surface area (Å²) in [6.07, 6.45) is 3.25. The number of aryl methyl sites for hydroxylation is 1. The first-order chi connectivity index (χ1) is 13.9. The van der Waals surface area contributed by atoms with Gasteiger partial charge in [-0.2, -0.15) is 4.31 Å². The van der Waals surface area contributed by atoms with Crippen LogP contribution >= 0.6 is 0 Å². The SMILES string of the molecule is Cc1ncnc(N2CC3CN(S(=O)(=O)c4cccc5cccnc45)CC3C2)c1C. The van der Waals surface area contributed by atoms with Gasteiger partial charge in [-0.05, 0) is 37.8 Å². The van der Waals surface area contributed by atoms with Gasteiger partial charge in [0.1, 0.15) is 17.0 Å². The van der Waals surface area contributed by atoms with Gasteiger partial charge in [0, 0.05) is 49.0 Å². The predicted octanol–water partition coefficient (Wildman–Crippen LogP) is 2.40. The molecule has 2 saturated heterocycles. The summed E-state index contributed by atoms with van der Waals surface area (Å²) < 4.78 is 28.4. The number of benzene rings is 1. The Hall–Kier alpha value is -2.58. The molecule has 2 atom stereocenters. The lowest BCUT2D eigenvalue weighted by molar-refractivity contribution is 0.453. The van der Waals surface area contributed by atoms with E-state index in [1.54, 1.807) is 29.0 Å². The maximum Gasteiger partial charge on any atom is 0.245 e. The normalized spacial score (nSPS) is 22.3. The van der Waals surface area contributed by atoms with Gasteiger partial charge in [-0.1, -0.05) is 18.2 Å². The highest BCUT2D eigenvalue weighted by Gasteiger charge is 2.45. The Balaban J connectivity index is 1.39. The van der Waals surface area contributed by atoms with Crippen molar-refractivity contribution < 1.29 is 8.42 Å². The van der Waals surface area contributed by atoms with Crippen molar-refractivity contribution >= 4 is 26.7 Å². The van der Waals surface area contributed by atoms with Gasteiger partial charge in [-0.25, -0.2) is 18.4 Å². The second-order valence-electron chi connectivity index (χ2n) is 7.99. The van der Waals surface area contributed by atoms with Crippen LogP contribution in [0.5, 0.6) is 0 Å². The third kappa shape index (κ3) is 2.98. The zero-order valence-corrected chi connectivity index (χ0v) is 17.3. The number of nitrogens with zero attached hydrogens (tertiary/aromatic N) is 5. The predicted molar refractivity (Wildman–Crippen MR) is 111 cm³/mol. The Labute approximate surface area is 170 Å². The maximum atomic E-state index is 13.4. The number of aromatic nitrogens is 3. The summed E-state index contributed by atoms with van der Waals surface area (Å²) in [5, 5.41) is 0.841. The van der Waals surface area contributed by atoms with E-state index in [1.807, 2.05) is 32.0 Å². The molecule has 0 radical (unpaired) electrons. The van der Waals surface area contributed by atoms with Crippen LogP contribution in [-0.4, -0.2) is 53.9 Å². The molecular formula is C21H23N5O2S. The number of hydrogen-bond donors (Lipinski definition) is 0. The summed E-state index contributed by atoms with van der Waals surface area (Å²) in [6, 6.07) is 9.06. The van der Waals surface area contributed by atoms with E-state index >= 15 is 0 Å². The van der Waals surface area contributed by atoms with Crippen molar-refractivity contribution in [1.82, 2.24) is 19.3 Å². The molecular weight excluding hydrogens is 386 g/mol. The lowest BCUT2D eigenvalue weighted by Crippen LogP contribution is -2.34. The Bertz CT molecular complexity index is 1180. The zero-order valence-electron chi connectivity index (χ0n) is 16.5. The molecule has 5 rings (SSSR count). The topological polar surface area (TPSA) is 79.3 Å². The molecule has 2 aliphatic rings. The van der Waals surface area contributed by atoms with Gasteiger partial charge in [-0.3, -0.25) is 4.98 Å². The van der Waals surface area contributed by atoms with Gasteiger partial charge in [0.2, 0.25) is 10.0 Å². The number of hydrogen-bond acceptors (Lipinski definition) is 6. The first kappa shape index (κ1) is 18.4. The van der Waals surface area contributed by atoms with Crippen molar-refractivity contribution in [3.63, 3.8) is 0 Å². The van der Waals surface area contributed by atoms with Crippen LogP contribution in [-0.2, 0) is 10.0 Å². The number of anilines is 1. The van der Waals surface area contributed by atoms with Crippen LogP contribution in [0.1, 0.15) is 11.3 Å². The van der Waals surface area contributed by atoms with E-state index in [1.165, 1.54) is 0 Å². The first-order valence-electron chi connectivity index (χ1n) is 9.82. The Morgan fingerprint density at radius 2 is 1.66 bits per heavy atom. The molecule has 0 saturated carbocycles. The number of pyridine rings is 1. The molecule has 7 nitrogen and oxygen atoms in total. The highest BCUT2D eigenvalue weighted by Crippen LogP contribution is 2.37. The molecule has 2 aromatic heterocycles. The van der Waals surface area contributed by atoms with E-state index in [0.29, 0.717) is 35.3 Å². The van der Waals surface area contributed by atoms with Crippen molar-refractivity contribution in [2.75, 3.05) is 31.1 Å². The van der Waals surface area contributed by atoms with Gasteiger partial charge in [-0.15, -0.1) is 0 Å². The van der Waals surface area contributed by atoms with Crippen LogP contribution in [0.25, 0.3) is 10.9 Å². The van der Waals surface area contributed by atoms with Crippen molar-refractivity contribution in [2.24, 2.45) is 11.8 Å². The minimum Gasteiger partial charge on any atom is -0.356 e. The van der Waals surface area contributed by atoms with Gasteiger partial charge >= 0.3 is 0 Å². The molecule has 0 amide bonds. The monoisotopic (exact) mass is 409 g/mol. The average molecular weight is 410 g/mol. The van der Waals surface area contributed by atoms with Crippen LogP contribution in [0.2, 0.25) is 0 Å². The lowest BCUT2D eigenvalue weighted by atomic mass is 10.0. The second kappa shape index (κ2) is 6.74. The second-order valence-corrected chi connectivity index (χ2v) is 9.89. The summed E-state index contributed by atoms with van der Waals surface area (Å²) in [6.45, 7) is 6.75. The number of rotatable bonds is 3. The highest BCUT2D eigenvalue weighted by molar-refractivity contribution is 7.89. The van der Waals surface area contributed by atoms with Gasteiger partial charge in [0.05, 0.1) is 5.52 Å². The molecule has 2 aliphatic heterocycles. The molecule has 2 unspecified atom stereocenters. The number of fused-ring (bicyclic) bond motifs is 2. The quantitative estimate of drug-likeness (QED) is 0.661. The number of para-hydroxylation sites is 1. The molecule has 0 N–H and O–H groups in total. The molecule has 8 heteroatoms. The van der Waals surface area contributed by atoms with Crippen molar-refractivity contribution in [2.45, 2.75) is 18.7 Å². The van der Waals surface area contributed by atoms with E-state index in [0.717, 1.165) is 35.6 Å². The lowest BCUT2D eigenvalue weighted by Gasteiger charge is -2.23. The minimum atomic E-state index is -3.58. The van der Waals surface area contributed by atoms with Gasteiger partial charge < -0.3 is 4.90 Å². The summed E-state index contributed by atoms with van der Waals surface area (Å²) in [4.78, 5) is 15.6. The number of sulfonamides is 1. The third-order valence-corrected chi connectivity index (χ3v) is 8.14. The van der Waals surface area contributed by atoms with Crippen LogP contribution in [0.4, 0.5) is 5.82 Å². The molecule has 29 heavy (non-hydrogen) atoms. The molecule has 4 heterocycles. The highest BCUT2D eigenvalue weighted by atomic mass is 32.2. The van der Waals surface area contributed by atoms with E-state index in [2.05, 4.69) is 19.9 Å². The van der Waals surface area contributed by atoms with Crippen LogP contribution in [0.3, 0.4) is 0 Å². The molecule has 3 aromatic rings.